The summed E-state index contributed by atoms with van der Waals surface area (Å²) in [6.07, 6.45) is 0. The van der Waals surface area contributed by atoms with Crippen LogP contribution in [0.3, 0.4) is 0 Å². The molecule has 0 bridgehead atoms. The number of hydrogen-bond acceptors (Lipinski definition) is 6. The first-order chi connectivity index (χ1) is 15.1. The van der Waals surface area contributed by atoms with E-state index in [1.807, 2.05) is 0 Å². The molecule has 0 unspecified atom stereocenters. The SMILES string of the molecule is O=C(COc1ccc(Cl)cc1)Nc1ccc2c(c1)N(CCN1CCOCC1)C(=O)CO2. The van der Waals surface area contributed by atoms with Crippen molar-refractivity contribution in [1.29, 1.82) is 0 Å². The fraction of sp³-hybridized carbons (Fsp3) is 0.364. The summed E-state index contributed by atoms with van der Waals surface area (Å²) >= 11 is 5.85. The summed E-state index contributed by atoms with van der Waals surface area (Å²) in [6.45, 7) is 4.30. The van der Waals surface area contributed by atoms with Crippen molar-refractivity contribution in [2.24, 2.45) is 0 Å². The fourth-order valence-corrected chi connectivity index (χ4v) is 3.59. The Labute approximate surface area is 185 Å². The first-order valence-corrected chi connectivity index (χ1v) is 10.5. The summed E-state index contributed by atoms with van der Waals surface area (Å²) in [5, 5.41) is 3.40. The molecule has 164 valence electrons. The second kappa shape index (κ2) is 10.00. The summed E-state index contributed by atoms with van der Waals surface area (Å²) < 4.78 is 16.4. The largest absolute Gasteiger partial charge is 0.484 e. The molecule has 2 heterocycles. The molecule has 31 heavy (non-hydrogen) atoms. The van der Waals surface area contributed by atoms with Crippen LogP contribution < -0.4 is 19.7 Å². The number of anilines is 2. The van der Waals surface area contributed by atoms with Gasteiger partial charge in [0, 0.05) is 36.9 Å². The first-order valence-electron chi connectivity index (χ1n) is 10.1. The molecule has 2 aromatic rings. The van der Waals surface area contributed by atoms with Gasteiger partial charge in [-0.05, 0) is 42.5 Å². The lowest BCUT2D eigenvalue weighted by molar-refractivity contribution is -0.121. The van der Waals surface area contributed by atoms with Gasteiger partial charge in [-0.3, -0.25) is 14.5 Å². The summed E-state index contributed by atoms with van der Waals surface area (Å²) in [5.41, 5.74) is 1.22. The number of rotatable bonds is 7. The van der Waals surface area contributed by atoms with Crippen LogP contribution in [-0.4, -0.2) is 69.3 Å². The van der Waals surface area contributed by atoms with Gasteiger partial charge in [-0.1, -0.05) is 11.6 Å². The highest BCUT2D eigenvalue weighted by molar-refractivity contribution is 6.30. The van der Waals surface area contributed by atoms with E-state index in [4.69, 9.17) is 25.8 Å². The monoisotopic (exact) mass is 445 g/mol. The van der Waals surface area contributed by atoms with Crippen molar-refractivity contribution in [2.75, 3.05) is 62.8 Å². The molecule has 9 heteroatoms. The number of nitrogens with zero attached hydrogens (tertiary/aromatic N) is 2. The van der Waals surface area contributed by atoms with E-state index in [0.29, 0.717) is 47.7 Å². The number of carbonyl (C=O) groups is 2. The van der Waals surface area contributed by atoms with E-state index in [0.717, 1.165) is 19.6 Å². The molecule has 2 amide bonds. The summed E-state index contributed by atoms with van der Waals surface area (Å²) in [5.74, 6) is 0.767. The number of hydrogen-bond donors (Lipinski definition) is 1. The molecule has 0 aliphatic carbocycles. The third-order valence-corrected chi connectivity index (χ3v) is 5.36. The van der Waals surface area contributed by atoms with E-state index >= 15 is 0 Å². The zero-order valence-corrected chi connectivity index (χ0v) is 17.8. The smallest absolute Gasteiger partial charge is 0.265 e. The lowest BCUT2D eigenvalue weighted by Crippen LogP contribution is -2.45. The molecule has 0 atom stereocenters. The number of fused-ring (bicyclic) bond motifs is 1. The molecule has 4 rings (SSSR count). The van der Waals surface area contributed by atoms with Gasteiger partial charge in [0.15, 0.2) is 13.2 Å². The quantitative estimate of drug-likeness (QED) is 0.705. The molecule has 0 radical (unpaired) electrons. The molecule has 1 N–H and O–H groups in total. The van der Waals surface area contributed by atoms with Crippen LogP contribution in [0.4, 0.5) is 11.4 Å². The van der Waals surface area contributed by atoms with Gasteiger partial charge in [0.25, 0.3) is 11.8 Å². The second-order valence-electron chi connectivity index (χ2n) is 7.26. The van der Waals surface area contributed by atoms with Crippen LogP contribution in [0.25, 0.3) is 0 Å². The minimum Gasteiger partial charge on any atom is -0.484 e. The topological polar surface area (TPSA) is 80.3 Å². The maximum Gasteiger partial charge on any atom is 0.265 e. The van der Waals surface area contributed by atoms with Gasteiger partial charge in [-0.15, -0.1) is 0 Å². The van der Waals surface area contributed by atoms with Crippen LogP contribution in [0.1, 0.15) is 0 Å². The number of amides is 2. The molecule has 8 nitrogen and oxygen atoms in total. The Bertz CT molecular complexity index is 931. The van der Waals surface area contributed by atoms with E-state index in [-0.39, 0.29) is 25.0 Å². The standard InChI is InChI=1S/C22H24ClN3O5/c23-16-1-4-18(5-2-16)30-14-21(27)24-17-3-6-20-19(13-17)26(22(28)15-31-20)8-7-25-9-11-29-12-10-25/h1-6,13H,7-12,14-15H2,(H,24,27). The van der Waals surface area contributed by atoms with Crippen molar-refractivity contribution >= 4 is 34.8 Å². The summed E-state index contributed by atoms with van der Waals surface area (Å²) in [6, 6.07) is 12.1. The highest BCUT2D eigenvalue weighted by Gasteiger charge is 2.26. The summed E-state index contributed by atoms with van der Waals surface area (Å²) in [4.78, 5) is 28.8. The predicted octanol–water partition coefficient (Wildman–Crippen LogP) is 2.42. The molecular weight excluding hydrogens is 422 g/mol. The third kappa shape index (κ3) is 5.66. The van der Waals surface area contributed by atoms with E-state index in [1.54, 1.807) is 47.4 Å². The fourth-order valence-electron chi connectivity index (χ4n) is 3.47. The molecular formula is C22H24ClN3O5. The molecule has 2 aliphatic heterocycles. The van der Waals surface area contributed by atoms with Crippen LogP contribution in [0, 0.1) is 0 Å². The van der Waals surface area contributed by atoms with Gasteiger partial charge in [0.1, 0.15) is 11.5 Å². The second-order valence-corrected chi connectivity index (χ2v) is 7.70. The van der Waals surface area contributed by atoms with Crippen LogP contribution in [0.15, 0.2) is 42.5 Å². The Morgan fingerprint density at radius 2 is 1.87 bits per heavy atom. The zero-order valence-electron chi connectivity index (χ0n) is 17.0. The summed E-state index contributed by atoms with van der Waals surface area (Å²) in [7, 11) is 0. The Hall–Kier alpha value is -2.81. The van der Waals surface area contributed by atoms with Crippen molar-refractivity contribution in [3.8, 4) is 11.5 Å². The van der Waals surface area contributed by atoms with E-state index in [9.17, 15) is 9.59 Å². The molecule has 0 aromatic heterocycles. The molecule has 1 fully saturated rings. The van der Waals surface area contributed by atoms with Crippen molar-refractivity contribution in [3.05, 3.63) is 47.5 Å². The van der Waals surface area contributed by atoms with Crippen LogP contribution in [0.2, 0.25) is 5.02 Å². The van der Waals surface area contributed by atoms with Gasteiger partial charge in [0.05, 0.1) is 18.9 Å². The van der Waals surface area contributed by atoms with Crippen LogP contribution >= 0.6 is 11.6 Å². The zero-order chi connectivity index (χ0) is 21.6. The normalized spacial score (nSPS) is 16.4. The lowest BCUT2D eigenvalue weighted by Gasteiger charge is -2.33. The first kappa shape index (κ1) is 21.4. The van der Waals surface area contributed by atoms with Crippen molar-refractivity contribution in [1.82, 2.24) is 4.90 Å². The van der Waals surface area contributed by atoms with Crippen LogP contribution in [0.5, 0.6) is 11.5 Å². The van der Waals surface area contributed by atoms with Crippen LogP contribution in [-0.2, 0) is 14.3 Å². The number of nitrogens with one attached hydrogen (secondary N) is 1. The Balaban J connectivity index is 1.38. The van der Waals surface area contributed by atoms with Crippen molar-refractivity contribution in [2.45, 2.75) is 0 Å². The molecule has 2 aliphatic rings. The maximum absolute atomic E-state index is 12.5. The van der Waals surface area contributed by atoms with Crippen molar-refractivity contribution < 1.29 is 23.8 Å². The van der Waals surface area contributed by atoms with Gasteiger partial charge in [-0.25, -0.2) is 0 Å². The van der Waals surface area contributed by atoms with E-state index in [1.165, 1.54) is 0 Å². The highest BCUT2D eigenvalue weighted by Crippen LogP contribution is 2.34. The number of ether oxygens (including phenoxy) is 3. The van der Waals surface area contributed by atoms with Gasteiger partial charge >= 0.3 is 0 Å². The van der Waals surface area contributed by atoms with E-state index < -0.39 is 0 Å². The molecule has 2 aromatic carbocycles. The number of benzene rings is 2. The lowest BCUT2D eigenvalue weighted by atomic mass is 10.2. The predicted molar refractivity (Wildman–Crippen MR) is 117 cm³/mol. The molecule has 1 saturated heterocycles. The average Bonchev–Trinajstić information content (AvgIpc) is 2.79. The number of morpholine rings is 1. The molecule has 0 spiro atoms. The Kier molecular flexibility index (Phi) is 6.91. The van der Waals surface area contributed by atoms with Crippen molar-refractivity contribution in [3.63, 3.8) is 0 Å². The minimum atomic E-state index is -0.308. The highest BCUT2D eigenvalue weighted by atomic mass is 35.5. The minimum absolute atomic E-state index is 0.0107. The Morgan fingerprint density at radius 1 is 1.10 bits per heavy atom. The average molecular weight is 446 g/mol. The van der Waals surface area contributed by atoms with Gasteiger partial charge in [-0.2, -0.15) is 0 Å². The maximum atomic E-state index is 12.5. The Morgan fingerprint density at radius 3 is 2.65 bits per heavy atom. The number of halogens is 1. The van der Waals surface area contributed by atoms with E-state index in [2.05, 4.69) is 10.2 Å². The number of carbonyl (C=O) groups excluding carboxylic acids is 2. The van der Waals surface area contributed by atoms with Gasteiger partial charge in [0.2, 0.25) is 0 Å². The third-order valence-electron chi connectivity index (χ3n) is 5.11. The molecule has 0 saturated carbocycles. The van der Waals surface area contributed by atoms with Gasteiger partial charge < -0.3 is 24.4 Å².